The first kappa shape index (κ1) is 14.7. The van der Waals surface area contributed by atoms with Gasteiger partial charge in [0.25, 0.3) is 0 Å². The third-order valence-electron chi connectivity index (χ3n) is 4.72. The van der Waals surface area contributed by atoms with Gasteiger partial charge in [0.15, 0.2) is 0 Å². The fourth-order valence-corrected chi connectivity index (χ4v) is 3.74. The van der Waals surface area contributed by atoms with Gasteiger partial charge in [0.2, 0.25) is 0 Å². The van der Waals surface area contributed by atoms with E-state index in [0.717, 1.165) is 44.6 Å². The van der Waals surface area contributed by atoms with Gasteiger partial charge in [-0.15, -0.1) is 0 Å². The van der Waals surface area contributed by atoms with Crippen molar-refractivity contribution in [2.45, 2.75) is 37.5 Å². The first-order valence-corrected chi connectivity index (χ1v) is 8.25. The van der Waals surface area contributed by atoms with Gasteiger partial charge in [-0.3, -0.25) is 9.88 Å². The lowest BCUT2D eigenvalue weighted by Gasteiger charge is -2.39. The number of rotatable bonds is 4. The molecule has 0 unspecified atom stereocenters. The number of piperidine rings is 1. The third-order valence-corrected chi connectivity index (χ3v) is 4.72. The highest BCUT2D eigenvalue weighted by molar-refractivity contribution is 5.16. The second kappa shape index (κ2) is 6.34. The summed E-state index contributed by atoms with van der Waals surface area (Å²) in [5.74, 6) is 0.823. The summed E-state index contributed by atoms with van der Waals surface area (Å²) in [5.41, 5.74) is 1.16. The Morgan fingerprint density at radius 1 is 1.39 bits per heavy atom. The van der Waals surface area contributed by atoms with Crippen molar-refractivity contribution in [3.8, 4) is 5.75 Å². The molecule has 122 valence electrons. The Morgan fingerprint density at radius 3 is 3.22 bits per heavy atom. The Hall–Kier alpha value is -1.85. The lowest BCUT2D eigenvalue weighted by atomic mass is 9.89. The van der Waals surface area contributed by atoms with Gasteiger partial charge in [0.1, 0.15) is 11.9 Å². The fourth-order valence-electron chi connectivity index (χ4n) is 3.74. The zero-order chi connectivity index (χ0) is 15.5. The van der Waals surface area contributed by atoms with Crippen LogP contribution in [-0.2, 0) is 11.3 Å². The van der Waals surface area contributed by atoms with Crippen LogP contribution in [0.3, 0.4) is 0 Å². The monoisotopic (exact) mass is 314 g/mol. The average molecular weight is 314 g/mol. The second-order valence-corrected chi connectivity index (χ2v) is 6.57. The molecule has 2 aromatic heterocycles. The molecule has 4 heterocycles. The zero-order valence-corrected chi connectivity index (χ0v) is 13.2. The Labute approximate surface area is 136 Å². The van der Waals surface area contributed by atoms with Crippen LogP contribution in [0.1, 0.15) is 24.8 Å². The number of pyridine rings is 1. The molecule has 0 amide bonds. The maximum absolute atomic E-state index is 6.21. The van der Waals surface area contributed by atoms with Gasteiger partial charge in [0, 0.05) is 31.3 Å². The van der Waals surface area contributed by atoms with E-state index in [2.05, 4.69) is 9.88 Å². The van der Waals surface area contributed by atoms with E-state index in [1.54, 1.807) is 18.7 Å². The van der Waals surface area contributed by atoms with Crippen LogP contribution in [0.15, 0.2) is 47.5 Å². The van der Waals surface area contributed by atoms with Crippen molar-refractivity contribution in [3.05, 3.63) is 48.7 Å². The van der Waals surface area contributed by atoms with Crippen LogP contribution in [0, 0.1) is 0 Å². The second-order valence-electron chi connectivity index (χ2n) is 6.57. The predicted octanol–water partition coefficient (Wildman–Crippen LogP) is 2.88. The normalized spacial score (nSPS) is 28.3. The summed E-state index contributed by atoms with van der Waals surface area (Å²) in [6.07, 6.45) is 10.4. The number of ether oxygens (including phenoxy) is 2. The summed E-state index contributed by atoms with van der Waals surface area (Å²) in [5, 5.41) is 0. The van der Waals surface area contributed by atoms with E-state index < -0.39 is 0 Å². The fraction of sp³-hybridized carbons (Fsp3) is 0.500. The number of nitrogens with zero attached hydrogens (tertiary/aromatic N) is 2. The van der Waals surface area contributed by atoms with E-state index in [0.29, 0.717) is 6.61 Å². The molecule has 2 fully saturated rings. The predicted molar refractivity (Wildman–Crippen MR) is 85.2 cm³/mol. The molecule has 2 aromatic rings. The minimum atomic E-state index is -0.0607. The van der Waals surface area contributed by atoms with Gasteiger partial charge < -0.3 is 13.9 Å². The van der Waals surface area contributed by atoms with Gasteiger partial charge in [-0.1, -0.05) is 0 Å². The summed E-state index contributed by atoms with van der Waals surface area (Å²) in [6.45, 7) is 3.67. The smallest absolute Gasteiger partial charge is 0.138 e. The molecule has 0 saturated carbocycles. The molecule has 2 atom stereocenters. The average Bonchev–Trinajstić information content (AvgIpc) is 3.19. The molecule has 0 radical (unpaired) electrons. The minimum absolute atomic E-state index is 0.0607. The van der Waals surface area contributed by atoms with Gasteiger partial charge in [-0.2, -0.15) is 0 Å². The molecule has 2 aliphatic rings. The van der Waals surface area contributed by atoms with Crippen LogP contribution in [0.4, 0.5) is 0 Å². The SMILES string of the molecule is c1cncc(O[C@H]2CO[C@@]3(CCCN(Cc4ccoc4)C3)C2)c1. The van der Waals surface area contributed by atoms with Crippen molar-refractivity contribution < 1.29 is 13.9 Å². The summed E-state index contributed by atoms with van der Waals surface area (Å²) in [4.78, 5) is 6.56. The Kier molecular flexibility index (Phi) is 4.06. The van der Waals surface area contributed by atoms with Crippen LogP contribution < -0.4 is 4.74 Å². The zero-order valence-electron chi connectivity index (χ0n) is 13.2. The molecule has 0 aromatic carbocycles. The molecule has 5 nitrogen and oxygen atoms in total. The highest BCUT2D eigenvalue weighted by Gasteiger charge is 2.44. The highest BCUT2D eigenvalue weighted by atomic mass is 16.6. The summed E-state index contributed by atoms with van der Waals surface area (Å²) in [6, 6.07) is 5.88. The Balaban J connectivity index is 1.37. The molecule has 0 N–H and O–H groups in total. The molecule has 23 heavy (non-hydrogen) atoms. The van der Waals surface area contributed by atoms with Gasteiger partial charge >= 0.3 is 0 Å². The van der Waals surface area contributed by atoms with Crippen molar-refractivity contribution in [1.29, 1.82) is 0 Å². The number of hydrogen-bond donors (Lipinski definition) is 0. The van der Waals surface area contributed by atoms with Crippen LogP contribution in [0.5, 0.6) is 5.75 Å². The third kappa shape index (κ3) is 3.41. The summed E-state index contributed by atoms with van der Waals surface area (Å²) >= 11 is 0. The Morgan fingerprint density at radius 2 is 2.39 bits per heavy atom. The molecule has 0 aliphatic carbocycles. The molecular weight excluding hydrogens is 292 g/mol. The maximum atomic E-state index is 6.21. The lowest BCUT2D eigenvalue weighted by Crippen LogP contribution is -2.47. The first-order valence-electron chi connectivity index (χ1n) is 8.25. The molecule has 2 aliphatic heterocycles. The van der Waals surface area contributed by atoms with E-state index in [-0.39, 0.29) is 11.7 Å². The number of likely N-dealkylation sites (tertiary alicyclic amines) is 1. The molecule has 0 bridgehead atoms. The van der Waals surface area contributed by atoms with E-state index in [1.807, 2.05) is 24.5 Å². The highest BCUT2D eigenvalue weighted by Crippen LogP contribution is 2.36. The van der Waals surface area contributed by atoms with Gasteiger partial charge in [-0.25, -0.2) is 0 Å². The van der Waals surface area contributed by atoms with E-state index >= 15 is 0 Å². The molecule has 1 spiro atoms. The van der Waals surface area contributed by atoms with Crippen LogP contribution >= 0.6 is 0 Å². The van der Waals surface area contributed by atoms with Crippen molar-refractivity contribution in [2.75, 3.05) is 19.7 Å². The summed E-state index contributed by atoms with van der Waals surface area (Å²) in [7, 11) is 0. The topological polar surface area (TPSA) is 47.7 Å². The molecular formula is C18H22N2O3. The van der Waals surface area contributed by atoms with Crippen LogP contribution in [-0.4, -0.2) is 41.3 Å². The van der Waals surface area contributed by atoms with E-state index in [1.165, 1.54) is 5.56 Å². The Bertz CT molecular complexity index is 616. The largest absolute Gasteiger partial charge is 0.486 e. The minimum Gasteiger partial charge on any atom is -0.486 e. The first-order chi connectivity index (χ1) is 11.3. The van der Waals surface area contributed by atoms with E-state index in [4.69, 9.17) is 13.9 Å². The molecule has 5 heteroatoms. The lowest BCUT2D eigenvalue weighted by molar-refractivity contribution is -0.0538. The number of furan rings is 1. The molecule has 2 saturated heterocycles. The van der Waals surface area contributed by atoms with Crippen LogP contribution in [0.25, 0.3) is 0 Å². The van der Waals surface area contributed by atoms with Crippen molar-refractivity contribution in [3.63, 3.8) is 0 Å². The standard InChI is InChI=1S/C18H22N2O3/c1-3-16(10-19-6-1)23-17-9-18(22-13-17)5-2-7-20(14-18)11-15-4-8-21-12-15/h1,3-4,6,8,10,12,17H,2,5,7,9,11,13-14H2/t17-,18+/m1/s1. The quantitative estimate of drug-likeness (QED) is 0.868. The van der Waals surface area contributed by atoms with Gasteiger partial charge in [-0.05, 0) is 37.6 Å². The number of hydrogen-bond acceptors (Lipinski definition) is 5. The van der Waals surface area contributed by atoms with E-state index in [9.17, 15) is 0 Å². The molecule has 4 rings (SSSR count). The number of aromatic nitrogens is 1. The maximum Gasteiger partial charge on any atom is 0.138 e. The van der Waals surface area contributed by atoms with Crippen LogP contribution in [0.2, 0.25) is 0 Å². The summed E-state index contributed by atoms with van der Waals surface area (Å²) < 4.78 is 17.4. The van der Waals surface area contributed by atoms with Gasteiger partial charge in [0.05, 0.1) is 30.9 Å². The van der Waals surface area contributed by atoms with Crippen molar-refractivity contribution in [2.24, 2.45) is 0 Å². The van der Waals surface area contributed by atoms with Crippen molar-refractivity contribution in [1.82, 2.24) is 9.88 Å². The van der Waals surface area contributed by atoms with Crippen molar-refractivity contribution >= 4 is 0 Å².